The van der Waals surface area contributed by atoms with E-state index >= 15 is 0 Å². The number of sulfone groups is 1. The molecule has 0 amide bonds. The van der Waals surface area contributed by atoms with E-state index in [2.05, 4.69) is 5.16 Å². The number of ketones is 1. The summed E-state index contributed by atoms with van der Waals surface area (Å²) >= 11 is 0. The van der Waals surface area contributed by atoms with E-state index < -0.39 is 15.1 Å². The highest BCUT2D eigenvalue weighted by Gasteiger charge is 2.31. The quantitative estimate of drug-likeness (QED) is 0.765. The van der Waals surface area contributed by atoms with Crippen LogP contribution in [0.25, 0.3) is 0 Å². The van der Waals surface area contributed by atoms with Crippen LogP contribution in [0.2, 0.25) is 0 Å². The molecule has 17 heavy (non-hydrogen) atoms. The van der Waals surface area contributed by atoms with Crippen LogP contribution < -0.4 is 0 Å². The molecule has 0 saturated carbocycles. The van der Waals surface area contributed by atoms with Gasteiger partial charge in [0.15, 0.2) is 15.6 Å². The number of carbonyl (C=O) groups excluding carboxylic acids is 1. The summed E-state index contributed by atoms with van der Waals surface area (Å²) in [6.07, 6.45) is 3.90. The smallest absolute Gasteiger partial charge is 0.164 e. The van der Waals surface area contributed by atoms with E-state index in [-0.39, 0.29) is 18.0 Å². The van der Waals surface area contributed by atoms with E-state index in [0.717, 1.165) is 12.8 Å². The van der Waals surface area contributed by atoms with Crippen LogP contribution in [-0.4, -0.2) is 30.4 Å². The fraction of sp³-hybridized carbons (Fsp3) is 0.636. The van der Waals surface area contributed by atoms with Crippen molar-refractivity contribution >= 4 is 15.6 Å². The number of hydrogen-bond acceptors (Lipinski definition) is 5. The van der Waals surface area contributed by atoms with Crippen LogP contribution >= 0.6 is 0 Å². The topological polar surface area (TPSA) is 77.2 Å². The molecule has 0 bridgehead atoms. The number of aromatic nitrogens is 1. The first-order valence-electron chi connectivity index (χ1n) is 5.67. The molecule has 2 heterocycles. The summed E-state index contributed by atoms with van der Waals surface area (Å²) in [5.74, 6) is 0.490. The predicted octanol–water partition coefficient (Wildman–Crippen LogP) is 1.39. The van der Waals surface area contributed by atoms with Gasteiger partial charge in [-0.3, -0.25) is 4.79 Å². The first kappa shape index (κ1) is 12.3. The van der Waals surface area contributed by atoms with E-state index in [9.17, 15) is 13.2 Å². The van der Waals surface area contributed by atoms with Gasteiger partial charge in [-0.05, 0) is 19.8 Å². The van der Waals surface area contributed by atoms with Crippen LogP contribution in [0, 0.1) is 0 Å². The zero-order valence-electron chi connectivity index (χ0n) is 9.68. The van der Waals surface area contributed by atoms with Crippen molar-refractivity contribution in [3.8, 4) is 0 Å². The van der Waals surface area contributed by atoms with Gasteiger partial charge in [0.1, 0.15) is 5.76 Å². The molecule has 5 nitrogen and oxygen atoms in total. The lowest BCUT2D eigenvalue weighted by atomic mass is 10.1. The van der Waals surface area contributed by atoms with Crippen LogP contribution in [0.15, 0.2) is 10.7 Å². The molecule has 6 heteroatoms. The van der Waals surface area contributed by atoms with Gasteiger partial charge in [0, 0.05) is 6.42 Å². The Morgan fingerprint density at radius 2 is 2.29 bits per heavy atom. The van der Waals surface area contributed by atoms with Crippen molar-refractivity contribution in [2.24, 2.45) is 0 Å². The molecule has 1 aromatic rings. The molecule has 0 aliphatic carbocycles. The third kappa shape index (κ3) is 2.57. The van der Waals surface area contributed by atoms with E-state index in [1.165, 1.54) is 13.1 Å². The molecular formula is C11H15NO4S. The SMILES string of the molecule is CC(=O)c1cnoc1CC1CCCCS1(=O)=O. The Kier molecular flexibility index (Phi) is 3.33. The number of rotatable bonds is 3. The second-order valence-electron chi connectivity index (χ2n) is 4.41. The lowest BCUT2D eigenvalue weighted by Crippen LogP contribution is -2.30. The number of carbonyl (C=O) groups is 1. The molecule has 0 spiro atoms. The number of hydrogen-bond donors (Lipinski definition) is 0. The molecule has 94 valence electrons. The molecule has 1 aliphatic heterocycles. The molecule has 1 fully saturated rings. The van der Waals surface area contributed by atoms with Crippen molar-refractivity contribution in [2.75, 3.05) is 5.75 Å². The maximum absolute atomic E-state index is 11.8. The maximum atomic E-state index is 11.8. The minimum atomic E-state index is -3.04. The third-order valence-electron chi connectivity index (χ3n) is 3.15. The predicted molar refractivity (Wildman–Crippen MR) is 61.6 cm³/mol. The Labute approximate surface area is 100 Å². The van der Waals surface area contributed by atoms with Gasteiger partial charge in [-0.15, -0.1) is 0 Å². The van der Waals surface area contributed by atoms with E-state index in [1.54, 1.807) is 0 Å². The van der Waals surface area contributed by atoms with Gasteiger partial charge in [-0.25, -0.2) is 8.42 Å². The zero-order valence-corrected chi connectivity index (χ0v) is 10.5. The fourth-order valence-corrected chi connectivity index (χ4v) is 4.03. The van der Waals surface area contributed by atoms with E-state index in [4.69, 9.17) is 4.52 Å². The first-order valence-corrected chi connectivity index (χ1v) is 7.38. The Balaban J connectivity index is 2.20. The second-order valence-corrected chi connectivity index (χ2v) is 6.81. The minimum Gasteiger partial charge on any atom is -0.361 e. The van der Waals surface area contributed by atoms with Gasteiger partial charge in [0.05, 0.1) is 22.8 Å². The molecule has 1 atom stereocenters. The Bertz CT molecular complexity index is 517. The highest BCUT2D eigenvalue weighted by Crippen LogP contribution is 2.24. The van der Waals surface area contributed by atoms with Crippen LogP contribution in [0.1, 0.15) is 42.3 Å². The van der Waals surface area contributed by atoms with Crippen LogP contribution in [-0.2, 0) is 16.3 Å². The zero-order chi connectivity index (χ0) is 12.5. The lowest BCUT2D eigenvalue weighted by molar-refractivity contribution is 0.101. The maximum Gasteiger partial charge on any atom is 0.164 e. The summed E-state index contributed by atoms with van der Waals surface area (Å²) in [5, 5.41) is 3.14. The van der Waals surface area contributed by atoms with Gasteiger partial charge in [0.25, 0.3) is 0 Å². The molecule has 0 aromatic carbocycles. The summed E-state index contributed by atoms with van der Waals surface area (Å²) < 4.78 is 28.7. The average molecular weight is 257 g/mol. The summed E-state index contributed by atoms with van der Waals surface area (Å²) in [6, 6.07) is 0. The van der Waals surface area contributed by atoms with Gasteiger partial charge < -0.3 is 4.52 Å². The fourth-order valence-electron chi connectivity index (χ4n) is 2.16. The molecule has 0 radical (unpaired) electrons. The third-order valence-corrected chi connectivity index (χ3v) is 5.43. The van der Waals surface area contributed by atoms with Crippen molar-refractivity contribution in [2.45, 2.75) is 37.9 Å². The summed E-state index contributed by atoms with van der Waals surface area (Å²) in [6.45, 7) is 1.42. The summed E-state index contributed by atoms with van der Waals surface area (Å²) in [7, 11) is -3.04. The summed E-state index contributed by atoms with van der Waals surface area (Å²) in [4.78, 5) is 11.3. The first-order chi connectivity index (χ1) is 8.00. The monoisotopic (exact) mass is 257 g/mol. The van der Waals surface area contributed by atoms with Gasteiger partial charge in [0.2, 0.25) is 0 Å². The minimum absolute atomic E-state index is 0.144. The highest BCUT2D eigenvalue weighted by atomic mass is 32.2. The van der Waals surface area contributed by atoms with Crippen molar-refractivity contribution in [1.82, 2.24) is 5.16 Å². The largest absolute Gasteiger partial charge is 0.361 e. The number of Topliss-reactive ketones (excluding diaryl/α,β-unsaturated/α-hetero) is 1. The Morgan fingerprint density at radius 3 is 2.94 bits per heavy atom. The van der Waals surface area contributed by atoms with E-state index in [1.807, 2.05) is 0 Å². The molecule has 1 saturated heterocycles. The Hall–Kier alpha value is -1.17. The average Bonchev–Trinajstić information content (AvgIpc) is 2.69. The van der Waals surface area contributed by atoms with Crippen molar-refractivity contribution in [1.29, 1.82) is 0 Å². The van der Waals surface area contributed by atoms with Crippen LogP contribution in [0.3, 0.4) is 0 Å². The Morgan fingerprint density at radius 1 is 1.53 bits per heavy atom. The van der Waals surface area contributed by atoms with Crippen molar-refractivity contribution in [3.63, 3.8) is 0 Å². The normalized spacial score (nSPS) is 23.5. The standard InChI is InChI=1S/C11H15NO4S/c1-8(13)10-7-12-16-11(10)6-9-4-2-3-5-17(9,14)15/h7,9H,2-6H2,1H3. The molecule has 1 aromatic heterocycles. The van der Waals surface area contributed by atoms with Crippen LogP contribution in [0.5, 0.6) is 0 Å². The molecule has 1 unspecified atom stereocenters. The van der Waals surface area contributed by atoms with Crippen molar-refractivity contribution in [3.05, 3.63) is 17.5 Å². The van der Waals surface area contributed by atoms with E-state index in [0.29, 0.717) is 17.7 Å². The molecular weight excluding hydrogens is 242 g/mol. The molecule has 1 aliphatic rings. The van der Waals surface area contributed by atoms with Gasteiger partial charge in [-0.2, -0.15) is 0 Å². The van der Waals surface area contributed by atoms with Crippen molar-refractivity contribution < 1.29 is 17.7 Å². The second kappa shape index (κ2) is 4.60. The molecule has 2 rings (SSSR count). The van der Waals surface area contributed by atoms with Crippen LogP contribution in [0.4, 0.5) is 0 Å². The van der Waals surface area contributed by atoms with Gasteiger partial charge in [-0.1, -0.05) is 11.6 Å². The molecule has 0 N–H and O–H groups in total. The highest BCUT2D eigenvalue weighted by molar-refractivity contribution is 7.92. The summed E-state index contributed by atoms with van der Waals surface area (Å²) in [5.41, 5.74) is 0.394. The van der Waals surface area contributed by atoms with Gasteiger partial charge >= 0.3 is 0 Å². The lowest BCUT2D eigenvalue weighted by Gasteiger charge is -2.21. The number of nitrogens with zero attached hydrogens (tertiary/aromatic N) is 1.